The second kappa shape index (κ2) is 7.69. The Morgan fingerprint density at radius 2 is 1.67 bits per heavy atom. The maximum absolute atomic E-state index is 6.08. The van der Waals surface area contributed by atoms with Gasteiger partial charge >= 0.3 is 0 Å². The third kappa shape index (κ3) is 4.63. The molecule has 4 heteroatoms. The number of halogens is 2. The number of rotatable bonds is 6. The van der Waals surface area contributed by atoms with Crippen LogP contribution in [0.5, 0.6) is 11.5 Å². The Hall–Kier alpha value is -1.22. The number of hydrogen-bond donors (Lipinski definition) is 1. The van der Waals surface area contributed by atoms with Crippen LogP contribution in [-0.4, -0.2) is 6.54 Å². The summed E-state index contributed by atoms with van der Waals surface area (Å²) in [5.74, 6) is 1.62. The van der Waals surface area contributed by atoms with Crippen LogP contribution in [0.1, 0.15) is 24.5 Å². The van der Waals surface area contributed by atoms with Crippen molar-refractivity contribution in [2.24, 2.45) is 0 Å². The van der Waals surface area contributed by atoms with Crippen molar-refractivity contribution in [2.45, 2.75) is 26.8 Å². The summed E-state index contributed by atoms with van der Waals surface area (Å²) in [6.07, 6.45) is 1.09. The molecule has 1 N–H and O–H groups in total. The quantitative estimate of drug-likeness (QED) is 0.699. The molecule has 2 aromatic rings. The van der Waals surface area contributed by atoms with E-state index in [2.05, 4.69) is 12.2 Å². The highest BCUT2D eigenvalue weighted by Crippen LogP contribution is 2.31. The first-order valence-corrected chi connectivity index (χ1v) is 7.79. The van der Waals surface area contributed by atoms with Crippen molar-refractivity contribution in [3.05, 3.63) is 57.6 Å². The Bertz CT molecular complexity index is 614. The maximum Gasteiger partial charge on any atom is 0.132 e. The summed E-state index contributed by atoms with van der Waals surface area (Å²) >= 11 is 12.1. The number of hydrogen-bond acceptors (Lipinski definition) is 2. The van der Waals surface area contributed by atoms with Crippen molar-refractivity contribution in [3.63, 3.8) is 0 Å². The molecule has 2 rings (SSSR count). The topological polar surface area (TPSA) is 21.3 Å². The Morgan fingerprint density at radius 1 is 1.00 bits per heavy atom. The fourth-order valence-corrected chi connectivity index (χ4v) is 2.45. The van der Waals surface area contributed by atoms with Crippen LogP contribution in [0.3, 0.4) is 0 Å². The zero-order valence-corrected chi connectivity index (χ0v) is 13.8. The second-order valence-electron chi connectivity index (χ2n) is 4.94. The molecule has 0 saturated heterocycles. The predicted molar refractivity (Wildman–Crippen MR) is 89.7 cm³/mol. The van der Waals surface area contributed by atoms with Crippen molar-refractivity contribution in [1.82, 2.24) is 5.32 Å². The summed E-state index contributed by atoms with van der Waals surface area (Å²) < 4.78 is 6.02. The van der Waals surface area contributed by atoms with E-state index < -0.39 is 0 Å². The van der Waals surface area contributed by atoms with Gasteiger partial charge in [0.15, 0.2) is 0 Å². The molecule has 0 radical (unpaired) electrons. The Balaban J connectivity index is 2.22. The van der Waals surface area contributed by atoms with Crippen molar-refractivity contribution in [2.75, 3.05) is 6.54 Å². The zero-order chi connectivity index (χ0) is 15.2. The van der Waals surface area contributed by atoms with Gasteiger partial charge in [0.2, 0.25) is 0 Å². The minimum absolute atomic E-state index is 0.709. The van der Waals surface area contributed by atoms with E-state index in [9.17, 15) is 0 Å². The lowest BCUT2D eigenvalue weighted by atomic mass is 10.2. The highest BCUT2D eigenvalue weighted by molar-refractivity contribution is 6.31. The molecule has 112 valence electrons. The molecule has 21 heavy (non-hydrogen) atoms. The van der Waals surface area contributed by atoms with E-state index in [-0.39, 0.29) is 0 Å². The third-order valence-corrected chi connectivity index (χ3v) is 3.59. The number of aryl methyl sites for hydroxylation is 1. The Labute approximate surface area is 136 Å². The van der Waals surface area contributed by atoms with Gasteiger partial charge in [0, 0.05) is 22.2 Å². The summed E-state index contributed by atoms with van der Waals surface area (Å²) in [5, 5.41) is 4.79. The molecule has 0 spiro atoms. The highest BCUT2D eigenvalue weighted by atomic mass is 35.5. The largest absolute Gasteiger partial charge is 0.457 e. The van der Waals surface area contributed by atoms with E-state index in [1.807, 2.05) is 43.3 Å². The van der Waals surface area contributed by atoms with Crippen LogP contribution in [0.15, 0.2) is 36.4 Å². The van der Waals surface area contributed by atoms with Crippen molar-refractivity contribution in [3.8, 4) is 11.5 Å². The fourth-order valence-electron chi connectivity index (χ4n) is 2.03. The zero-order valence-electron chi connectivity index (χ0n) is 12.2. The predicted octanol–water partition coefficient (Wildman–Crippen LogP) is 5.59. The van der Waals surface area contributed by atoms with Crippen molar-refractivity contribution < 1.29 is 4.74 Å². The minimum atomic E-state index is 0.709. The van der Waals surface area contributed by atoms with E-state index in [4.69, 9.17) is 27.9 Å². The lowest BCUT2D eigenvalue weighted by Crippen LogP contribution is -2.14. The molecular weight excluding hydrogens is 305 g/mol. The van der Waals surface area contributed by atoms with Crippen LogP contribution in [0.4, 0.5) is 0 Å². The molecule has 0 bridgehead atoms. The Kier molecular flexibility index (Phi) is 5.92. The monoisotopic (exact) mass is 323 g/mol. The summed E-state index contributed by atoms with van der Waals surface area (Å²) in [6.45, 7) is 5.81. The smallest absolute Gasteiger partial charge is 0.132 e. The summed E-state index contributed by atoms with van der Waals surface area (Å²) in [4.78, 5) is 0. The van der Waals surface area contributed by atoms with Gasteiger partial charge in [-0.3, -0.25) is 0 Å². The lowest BCUT2D eigenvalue weighted by molar-refractivity contribution is 0.469. The van der Waals surface area contributed by atoms with Gasteiger partial charge in [0.1, 0.15) is 11.5 Å². The average Bonchev–Trinajstić information content (AvgIpc) is 2.44. The SMILES string of the molecule is CCCNCc1cc(Cl)ccc1Oc1ccc(Cl)cc1C. The van der Waals surface area contributed by atoms with E-state index in [0.29, 0.717) is 10.0 Å². The molecule has 0 fully saturated rings. The van der Waals surface area contributed by atoms with Crippen LogP contribution >= 0.6 is 23.2 Å². The van der Waals surface area contributed by atoms with E-state index in [0.717, 1.165) is 42.1 Å². The van der Waals surface area contributed by atoms with Crippen LogP contribution in [0.25, 0.3) is 0 Å². The van der Waals surface area contributed by atoms with Crippen molar-refractivity contribution >= 4 is 23.2 Å². The molecule has 0 aliphatic rings. The molecule has 0 aliphatic heterocycles. The highest BCUT2D eigenvalue weighted by Gasteiger charge is 2.08. The molecular formula is C17H19Cl2NO. The van der Waals surface area contributed by atoms with E-state index in [1.165, 1.54) is 0 Å². The standard InChI is InChI=1S/C17H19Cl2NO/c1-3-8-20-11-13-10-15(19)5-7-17(13)21-16-6-4-14(18)9-12(16)2/h4-7,9-10,20H,3,8,11H2,1-2H3. The molecule has 0 aromatic heterocycles. The molecule has 2 aromatic carbocycles. The van der Waals surface area contributed by atoms with Gasteiger partial charge in [-0.2, -0.15) is 0 Å². The molecule has 2 nitrogen and oxygen atoms in total. The second-order valence-corrected chi connectivity index (χ2v) is 5.81. The molecule has 0 aliphatic carbocycles. The van der Waals surface area contributed by atoms with Gasteiger partial charge in [-0.1, -0.05) is 30.1 Å². The third-order valence-electron chi connectivity index (χ3n) is 3.12. The maximum atomic E-state index is 6.08. The summed E-state index contributed by atoms with van der Waals surface area (Å²) in [6, 6.07) is 11.3. The molecule has 0 amide bonds. The van der Waals surface area contributed by atoms with Crippen molar-refractivity contribution in [1.29, 1.82) is 0 Å². The van der Waals surface area contributed by atoms with Gasteiger partial charge in [-0.25, -0.2) is 0 Å². The number of benzene rings is 2. The van der Waals surface area contributed by atoms with Crippen LogP contribution < -0.4 is 10.1 Å². The Morgan fingerprint density at radius 3 is 2.33 bits per heavy atom. The molecule has 0 atom stereocenters. The van der Waals surface area contributed by atoms with Gasteiger partial charge in [-0.05, 0) is 61.9 Å². The van der Waals surface area contributed by atoms with Crippen LogP contribution in [0, 0.1) is 6.92 Å². The van der Waals surface area contributed by atoms with Crippen LogP contribution in [0.2, 0.25) is 10.0 Å². The lowest BCUT2D eigenvalue weighted by Gasteiger charge is -2.14. The van der Waals surface area contributed by atoms with E-state index in [1.54, 1.807) is 0 Å². The number of ether oxygens (including phenoxy) is 1. The molecule has 0 saturated carbocycles. The van der Waals surface area contributed by atoms with E-state index >= 15 is 0 Å². The van der Waals surface area contributed by atoms with Crippen LogP contribution in [-0.2, 0) is 6.54 Å². The van der Waals surface area contributed by atoms with Gasteiger partial charge in [-0.15, -0.1) is 0 Å². The van der Waals surface area contributed by atoms with Gasteiger partial charge in [0.05, 0.1) is 0 Å². The first kappa shape index (κ1) is 16.2. The normalized spacial score (nSPS) is 10.7. The van der Waals surface area contributed by atoms with Gasteiger partial charge in [0.25, 0.3) is 0 Å². The van der Waals surface area contributed by atoms with Gasteiger partial charge < -0.3 is 10.1 Å². The average molecular weight is 324 g/mol. The molecule has 0 unspecified atom stereocenters. The summed E-state index contributed by atoms with van der Waals surface area (Å²) in [7, 11) is 0. The number of nitrogens with one attached hydrogen (secondary N) is 1. The molecule has 0 heterocycles. The fraction of sp³-hybridized carbons (Fsp3) is 0.294. The first-order valence-electron chi connectivity index (χ1n) is 7.03. The first-order chi connectivity index (χ1) is 10.1. The minimum Gasteiger partial charge on any atom is -0.457 e. The summed E-state index contributed by atoms with van der Waals surface area (Å²) in [5.41, 5.74) is 2.05.